The summed E-state index contributed by atoms with van der Waals surface area (Å²) >= 11 is 5.97. The van der Waals surface area contributed by atoms with Gasteiger partial charge in [0.1, 0.15) is 0 Å². The number of halogens is 1. The van der Waals surface area contributed by atoms with Gasteiger partial charge in [-0.3, -0.25) is 9.89 Å². The number of aromatic amines is 1. The van der Waals surface area contributed by atoms with Crippen LogP contribution < -0.4 is 5.32 Å². The number of carboxylic acids is 1. The molecule has 1 aromatic carbocycles. The number of carboxylic acid groups (broad SMARTS) is 1. The van der Waals surface area contributed by atoms with E-state index >= 15 is 0 Å². The highest BCUT2D eigenvalue weighted by atomic mass is 35.5. The van der Waals surface area contributed by atoms with Crippen molar-refractivity contribution in [2.45, 2.75) is 20.3 Å². The molecule has 0 unspecified atom stereocenters. The number of carbonyl (C=O) groups excluding carboxylic acids is 1. The number of H-pyrrole nitrogens is 1. The quantitative estimate of drug-likeness (QED) is 0.809. The van der Waals surface area contributed by atoms with Gasteiger partial charge in [-0.1, -0.05) is 11.6 Å². The lowest BCUT2D eigenvalue weighted by molar-refractivity contribution is -0.115. The van der Waals surface area contributed by atoms with E-state index in [1.807, 2.05) is 13.8 Å². The molecular weight excluding hydrogens is 294 g/mol. The summed E-state index contributed by atoms with van der Waals surface area (Å²) < 4.78 is 0. The molecule has 2 rings (SSSR count). The van der Waals surface area contributed by atoms with Gasteiger partial charge >= 0.3 is 5.97 Å². The summed E-state index contributed by atoms with van der Waals surface area (Å²) in [5.74, 6) is -1.31. The van der Waals surface area contributed by atoms with Crippen LogP contribution in [0.1, 0.15) is 27.3 Å². The minimum Gasteiger partial charge on any atom is -0.478 e. The third-order valence-corrected chi connectivity index (χ3v) is 3.42. The molecule has 1 aromatic heterocycles. The number of aromatic carboxylic acids is 1. The normalized spacial score (nSPS) is 10.4. The molecule has 0 saturated heterocycles. The first-order valence-corrected chi connectivity index (χ1v) is 6.59. The van der Waals surface area contributed by atoms with Crippen LogP contribution in [-0.4, -0.2) is 27.2 Å². The number of carbonyl (C=O) groups is 2. The van der Waals surface area contributed by atoms with E-state index in [0.717, 1.165) is 17.0 Å². The first-order valence-electron chi connectivity index (χ1n) is 6.21. The topological polar surface area (TPSA) is 95.1 Å². The van der Waals surface area contributed by atoms with Gasteiger partial charge in [0.05, 0.1) is 28.4 Å². The second-order valence-electron chi connectivity index (χ2n) is 4.64. The first kappa shape index (κ1) is 15.1. The van der Waals surface area contributed by atoms with Crippen molar-refractivity contribution in [3.05, 3.63) is 45.7 Å². The maximum Gasteiger partial charge on any atom is 0.335 e. The average Bonchev–Trinajstić information content (AvgIpc) is 2.72. The minimum absolute atomic E-state index is 0.0690. The molecule has 7 heteroatoms. The zero-order valence-electron chi connectivity index (χ0n) is 11.5. The summed E-state index contributed by atoms with van der Waals surface area (Å²) in [5.41, 5.74) is 2.90. The fraction of sp³-hybridized carbons (Fsp3) is 0.214. The summed E-state index contributed by atoms with van der Waals surface area (Å²) in [7, 11) is 0. The van der Waals surface area contributed by atoms with E-state index in [-0.39, 0.29) is 22.9 Å². The Morgan fingerprint density at radius 2 is 2.10 bits per heavy atom. The number of aryl methyl sites for hydroxylation is 2. The third kappa shape index (κ3) is 3.41. The SMILES string of the molecule is Cc1n[nH]c(C)c1CC(=O)Nc1ccc(C(=O)O)cc1Cl. The lowest BCUT2D eigenvalue weighted by atomic mass is 10.1. The van der Waals surface area contributed by atoms with Crippen molar-refractivity contribution in [2.75, 3.05) is 5.32 Å². The van der Waals surface area contributed by atoms with E-state index in [9.17, 15) is 9.59 Å². The van der Waals surface area contributed by atoms with E-state index in [0.29, 0.717) is 5.69 Å². The van der Waals surface area contributed by atoms with E-state index < -0.39 is 5.97 Å². The summed E-state index contributed by atoms with van der Waals surface area (Å²) in [5, 5.41) is 18.6. The molecular formula is C14H14ClN3O3. The zero-order chi connectivity index (χ0) is 15.6. The number of aromatic nitrogens is 2. The van der Waals surface area contributed by atoms with Gasteiger partial charge in [-0.15, -0.1) is 0 Å². The molecule has 6 nitrogen and oxygen atoms in total. The molecule has 0 atom stereocenters. The summed E-state index contributed by atoms with van der Waals surface area (Å²) in [6.07, 6.45) is 0.172. The smallest absolute Gasteiger partial charge is 0.335 e. The Hall–Kier alpha value is -2.34. The van der Waals surface area contributed by atoms with Crippen LogP contribution in [-0.2, 0) is 11.2 Å². The fourth-order valence-electron chi connectivity index (χ4n) is 1.94. The monoisotopic (exact) mass is 307 g/mol. The number of hydrogen-bond donors (Lipinski definition) is 3. The fourth-order valence-corrected chi connectivity index (χ4v) is 2.17. The van der Waals surface area contributed by atoms with Crippen LogP contribution in [0, 0.1) is 13.8 Å². The van der Waals surface area contributed by atoms with Crippen LogP contribution in [0.3, 0.4) is 0 Å². The van der Waals surface area contributed by atoms with Crippen molar-refractivity contribution in [2.24, 2.45) is 0 Å². The molecule has 2 aromatic rings. The van der Waals surface area contributed by atoms with Gasteiger partial charge in [0.2, 0.25) is 5.91 Å². The highest BCUT2D eigenvalue weighted by Crippen LogP contribution is 2.23. The number of hydrogen-bond acceptors (Lipinski definition) is 3. The summed E-state index contributed by atoms with van der Waals surface area (Å²) in [6, 6.07) is 4.16. The second kappa shape index (κ2) is 5.97. The molecule has 0 aliphatic heterocycles. The van der Waals surface area contributed by atoms with Crippen LogP contribution in [0.4, 0.5) is 5.69 Å². The van der Waals surface area contributed by atoms with Crippen LogP contribution in [0.25, 0.3) is 0 Å². The molecule has 0 aliphatic carbocycles. The number of nitrogens with one attached hydrogen (secondary N) is 2. The van der Waals surface area contributed by atoms with Crippen LogP contribution in [0.5, 0.6) is 0 Å². The Morgan fingerprint density at radius 3 is 2.62 bits per heavy atom. The molecule has 0 bridgehead atoms. The number of rotatable bonds is 4. The molecule has 0 fully saturated rings. The van der Waals surface area contributed by atoms with Gasteiger partial charge in [-0.05, 0) is 32.0 Å². The van der Waals surface area contributed by atoms with Gasteiger partial charge in [0.15, 0.2) is 0 Å². The van der Waals surface area contributed by atoms with Crippen LogP contribution in [0.15, 0.2) is 18.2 Å². The Labute approximate surface area is 126 Å². The number of amides is 1. The van der Waals surface area contributed by atoms with E-state index in [1.165, 1.54) is 18.2 Å². The first-order chi connectivity index (χ1) is 9.88. The molecule has 0 saturated carbocycles. The third-order valence-electron chi connectivity index (χ3n) is 3.11. The lowest BCUT2D eigenvalue weighted by Gasteiger charge is -2.08. The van der Waals surface area contributed by atoms with Crippen molar-refractivity contribution >= 4 is 29.2 Å². The molecule has 0 spiro atoms. The van der Waals surface area contributed by atoms with E-state index in [4.69, 9.17) is 16.7 Å². The van der Waals surface area contributed by atoms with Gasteiger partial charge in [-0.2, -0.15) is 5.10 Å². The van der Waals surface area contributed by atoms with Gasteiger partial charge in [-0.25, -0.2) is 4.79 Å². The molecule has 1 heterocycles. The Morgan fingerprint density at radius 1 is 1.38 bits per heavy atom. The maximum absolute atomic E-state index is 12.0. The summed E-state index contributed by atoms with van der Waals surface area (Å²) in [4.78, 5) is 22.8. The van der Waals surface area contributed by atoms with Crippen molar-refractivity contribution in [3.8, 4) is 0 Å². The highest BCUT2D eigenvalue weighted by Gasteiger charge is 2.13. The van der Waals surface area contributed by atoms with Crippen molar-refractivity contribution in [1.29, 1.82) is 0 Å². The van der Waals surface area contributed by atoms with Gasteiger partial charge < -0.3 is 10.4 Å². The predicted octanol–water partition coefficient (Wildman–Crippen LogP) is 2.56. The molecule has 110 valence electrons. The Bertz CT molecular complexity index is 690. The molecule has 0 radical (unpaired) electrons. The van der Waals surface area contributed by atoms with E-state index in [2.05, 4.69) is 15.5 Å². The molecule has 0 aliphatic rings. The largest absolute Gasteiger partial charge is 0.478 e. The van der Waals surface area contributed by atoms with Crippen molar-refractivity contribution in [1.82, 2.24) is 10.2 Å². The van der Waals surface area contributed by atoms with Gasteiger partial charge in [0.25, 0.3) is 0 Å². The lowest BCUT2D eigenvalue weighted by Crippen LogP contribution is -2.15. The molecule has 3 N–H and O–H groups in total. The number of anilines is 1. The Kier molecular flexibility index (Phi) is 4.28. The van der Waals surface area contributed by atoms with Gasteiger partial charge in [0, 0.05) is 11.3 Å². The minimum atomic E-state index is -1.07. The van der Waals surface area contributed by atoms with Crippen molar-refractivity contribution < 1.29 is 14.7 Å². The van der Waals surface area contributed by atoms with Crippen molar-refractivity contribution in [3.63, 3.8) is 0 Å². The average molecular weight is 308 g/mol. The van der Waals surface area contributed by atoms with E-state index in [1.54, 1.807) is 0 Å². The highest BCUT2D eigenvalue weighted by molar-refractivity contribution is 6.34. The van der Waals surface area contributed by atoms with Crippen LogP contribution >= 0.6 is 11.6 Å². The summed E-state index contributed by atoms with van der Waals surface area (Å²) in [6.45, 7) is 3.66. The number of nitrogens with zero attached hydrogens (tertiary/aromatic N) is 1. The zero-order valence-corrected chi connectivity index (χ0v) is 12.3. The second-order valence-corrected chi connectivity index (χ2v) is 5.04. The molecule has 1 amide bonds. The van der Waals surface area contributed by atoms with Crippen LogP contribution in [0.2, 0.25) is 5.02 Å². The molecule has 21 heavy (non-hydrogen) atoms. The maximum atomic E-state index is 12.0. The number of benzene rings is 1. The Balaban J connectivity index is 2.11. The standard InChI is InChI=1S/C14H14ClN3O3/c1-7-10(8(2)18-17-7)6-13(19)16-12-4-3-9(14(20)21)5-11(12)15/h3-5H,6H2,1-2H3,(H,16,19)(H,17,18)(H,20,21). The predicted molar refractivity (Wildman–Crippen MR) is 78.8 cm³/mol.